The van der Waals surface area contributed by atoms with Crippen molar-refractivity contribution in [2.24, 2.45) is 0 Å². The minimum Gasteiger partial charge on any atom is -0.366 e. The molecule has 1 aromatic carbocycles. The fourth-order valence-corrected chi connectivity index (χ4v) is 3.17. The van der Waals surface area contributed by atoms with Crippen LogP contribution in [0.3, 0.4) is 0 Å². The minimum atomic E-state index is -0.277. The second-order valence-corrected chi connectivity index (χ2v) is 6.05. The zero-order valence-corrected chi connectivity index (χ0v) is 12.8. The molecule has 2 heterocycles. The third kappa shape index (κ3) is 3.44. The number of amides is 1. The normalized spacial score (nSPS) is 23.5. The summed E-state index contributed by atoms with van der Waals surface area (Å²) < 4.78 is 5.72. The van der Waals surface area contributed by atoms with Crippen molar-refractivity contribution in [3.05, 3.63) is 35.4 Å². The molecule has 0 aromatic heterocycles. The Labute approximate surface area is 126 Å². The summed E-state index contributed by atoms with van der Waals surface area (Å²) in [5, 5.41) is 0. The molecule has 4 nitrogen and oxygen atoms in total. The third-order valence-electron chi connectivity index (χ3n) is 4.50. The van der Waals surface area contributed by atoms with Crippen LogP contribution in [-0.4, -0.2) is 54.6 Å². The lowest BCUT2D eigenvalue weighted by atomic mass is 10.1. The van der Waals surface area contributed by atoms with Crippen LogP contribution in [0.5, 0.6) is 0 Å². The molecule has 114 valence electrons. The zero-order valence-electron chi connectivity index (χ0n) is 12.8. The number of benzene rings is 1. The van der Waals surface area contributed by atoms with Crippen molar-refractivity contribution in [1.82, 2.24) is 9.80 Å². The third-order valence-corrected chi connectivity index (χ3v) is 4.50. The van der Waals surface area contributed by atoms with E-state index in [0.29, 0.717) is 13.2 Å². The molecular weight excluding hydrogens is 264 g/mol. The molecule has 2 aliphatic rings. The Balaban J connectivity index is 1.60. The Morgan fingerprint density at radius 1 is 1.24 bits per heavy atom. The first kappa shape index (κ1) is 14.5. The summed E-state index contributed by atoms with van der Waals surface area (Å²) in [6.45, 7) is 7.10. The van der Waals surface area contributed by atoms with Gasteiger partial charge in [-0.15, -0.1) is 0 Å². The molecule has 2 saturated heterocycles. The highest BCUT2D eigenvalue weighted by Crippen LogP contribution is 2.17. The molecule has 2 fully saturated rings. The van der Waals surface area contributed by atoms with Gasteiger partial charge in [0.05, 0.1) is 6.61 Å². The molecule has 1 unspecified atom stereocenters. The summed E-state index contributed by atoms with van der Waals surface area (Å²) in [7, 11) is 0. The number of nitrogens with zero attached hydrogens (tertiary/aromatic N) is 2. The molecule has 0 saturated carbocycles. The molecule has 1 atom stereocenters. The lowest BCUT2D eigenvalue weighted by molar-refractivity contribution is -0.148. The van der Waals surface area contributed by atoms with Gasteiger partial charge < -0.3 is 9.64 Å². The lowest BCUT2D eigenvalue weighted by Gasteiger charge is -2.34. The smallest absolute Gasteiger partial charge is 0.253 e. The summed E-state index contributed by atoms with van der Waals surface area (Å²) in [5.41, 5.74) is 2.65. The van der Waals surface area contributed by atoms with Crippen LogP contribution < -0.4 is 0 Å². The first-order valence-electron chi connectivity index (χ1n) is 7.91. The van der Waals surface area contributed by atoms with Crippen molar-refractivity contribution in [3.8, 4) is 0 Å². The van der Waals surface area contributed by atoms with Gasteiger partial charge in [-0.25, -0.2) is 0 Å². The van der Waals surface area contributed by atoms with E-state index in [1.54, 1.807) is 0 Å². The van der Waals surface area contributed by atoms with Crippen molar-refractivity contribution in [1.29, 1.82) is 0 Å². The van der Waals surface area contributed by atoms with Crippen LogP contribution in [0.1, 0.15) is 24.0 Å². The summed E-state index contributed by atoms with van der Waals surface area (Å²) in [6.07, 6.45) is 1.98. The zero-order chi connectivity index (χ0) is 14.7. The fraction of sp³-hybridized carbons (Fsp3) is 0.588. The van der Waals surface area contributed by atoms with Crippen LogP contribution in [-0.2, 0) is 16.1 Å². The van der Waals surface area contributed by atoms with Crippen LogP contribution in [0.2, 0.25) is 0 Å². The summed E-state index contributed by atoms with van der Waals surface area (Å²) in [4.78, 5) is 16.7. The van der Waals surface area contributed by atoms with Crippen molar-refractivity contribution >= 4 is 5.91 Å². The van der Waals surface area contributed by atoms with Crippen LogP contribution in [0, 0.1) is 6.92 Å². The lowest BCUT2D eigenvalue weighted by Crippen LogP contribution is -2.50. The van der Waals surface area contributed by atoms with Gasteiger partial charge in [-0.05, 0) is 30.9 Å². The quantitative estimate of drug-likeness (QED) is 0.850. The molecule has 21 heavy (non-hydrogen) atoms. The second kappa shape index (κ2) is 6.58. The number of ether oxygens (including phenoxy) is 1. The van der Waals surface area contributed by atoms with E-state index in [1.807, 2.05) is 4.90 Å². The Hall–Kier alpha value is -1.39. The van der Waals surface area contributed by atoms with Crippen molar-refractivity contribution in [3.63, 3.8) is 0 Å². The molecule has 0 spiro atoms. The number of carbonyl (C=O) groups excluding carboxylic acids is 1. The van der Waals surface area contributed by atoms with Crippen LogP contribution in [0.15, 0.2) is 24.3 Å². The second-order valence-electron chi connectivity index (χ2n) is 6.05. The highest BCUT2D eigenvalue weighted by Gasteiger charge is 2.31. The molecule has 0 radical (unpaired) electrons. The van der Waals surface area contributed by atoms with Crippen molar-refractivity contribution in [2.45, 2.75) is 32.4 Å². The van der Waals surface area contributed by atoms with Gasteiger partial charge in [0.15, 0.2) is 0 Å². The van der Waals surface area contributed by atoms with Crippen LogP contribution in [0.25, 0.3) is 0 Å². The van der Waals surface area contributed by atoms with Crippen LogP contribution in [0.4, 0.5) is 0 Å². The molecule has 0 aliphatic carbocycles. The van der Waals surface area contributed by atoms with Gasteiger partial charge in [-0.1, -0.05) is 24.3 Å². The van der Waals surface area contributed by atoms with E-state index in [4.69, 9.17) is 4.74 Å². The van der Waals surface area contributed by atoms with Crippen molar-refractivity contribution < 1.29 is 9.53 Å². The van der Waals surface area contributed by atoms with E-state index in [2.05, 4.69) is 36.1 Å². The maximum absolute atomic E-state index is 12.4. The number of carbonyl (C=O) groups is 1. The summed E-state index contributed by atoms with van der Waals surface area (Å²) >= 11 is 0. The SMILES string of the molecule is Cc1ccccc1CN1CCOC(C(=O)N2CCCC2)C1. The molecule has 3 rings (SSSR count). The number of hydrogen-bond donors (Lipinski definition) is 0. The largest absolute Gasteiger partial charge is 0.366 e. The predicted octanol–water partition coefficient (Wildman–Crippen LogP) is 1.82. The van der Waals surface area contributed by atoms with E-state index in [-0.39, 0.29) is 12.0 Å². The number of morpholine rings is 1. The Kier molecular flexibility index (Phi) is 4.56. The topological polar surface area (TPSA) is 32.8 Å². The van der Waals surface area contributed by atoms with E-state index in [1.165, 1.54) is 11.1 Å². The minimum absolute atomic E-state index is 0.182. The first-order chi connectivity index (χ1) is 10.2. The Bertz CT molecular complexity index is 497. The molecule has 0 N–H and O–H groups in total. The van der Waals surface area contributed by atoms with Gasteiger partial charge in [-0.2, -0.15) is 0 Å². The van der Waals surface area contributed by atoms with Gasteiger partial charge in [0.1, 0.15) is 6.10 Å². The van der Waals surface area contributed by atoms with Gasteiger partial charge in [-0.3, -0.25) is 9.69 Å². The highest BCUT2D eigenvalue weighted by molar-refractivity contribution is 5.81. The maximum Gasteiger partial charge on any atom is 0.253 e. The van der Waals surface area contributed by atoms with Gasteiger partial charge in [0.2, 0.25) is 0 Å². The molecule has 0 bridgehead atoms. The highest BCUT2D eigenvalue weighted by atomic mass is 16.5. The number of likely N-dealkylation sites (tertiary alicyclic amines) is 1. The van der Waals surface area contributed by atoms with Gasteiger partial charge in [0, 0.05) is 32.7 Å². The Morgan fingerprint density at radius 3 is 2.76 bits per heavy atom. The first-order valence-corrected chi connectivity index (χ1v) is 7.91. The predicted molar refractivity (Wildman–Crippen MR) is 82.0 cm³/mol. The average molecular weight is 288 g/mol. The van der Waals surface area contributed by atoms with E-state index >= 15 is 0 Å². The molecule has 1 amide bonds. The van der Waals surface area contributed by atoms with Gasteiger partial charge >= 0.3 is 0 Å². The summed E-state index contributed by atoms with van der Waals surface area (Å²) in [6, 6.07) is 8.46. The standard InChI is InChI=1S/C17H24N2O2/c1-14-6-2-3-7-15(14)12-18-10-11-21-16(13-18)17(20)19-8-4-5-9-19/h2-3,6-7,16H,4-5,8-13H2,1H3. The number of rotatable bonds is 3. The Morgan fingerprint density at radius 2 is 2.00 bits per heavy atom. The maximum atomic E-state index is 12.4. The molecule has 1 aromatic rings. The molecular formula is C17H24N2O2. The van der Waals surface area contributed by atoms with E-state index in [9.17, 15) is 4.79 Å². The van der Waals surface area contributed by atoms with Gasteiger partial charge in [0.25, 0.3) is 5.91 Å². The van der Waals surface area contributed by atoms with E-state index < -0.39 is 0 Å². The van der Waals surface area contributed by atoms with E-state index in [0.717, 1.165) is 39.0 Å². The molecule has 2 aliphatic heterocycles. The van der Waals surface area contributed by atoms with Crippen LogP contribution >= 0.6 is 0 Å². The van der Waals surface area contributed by atoms with Crippen molar-refractivity contribution in [2.75, 3.05) is 32.8 Å². The average Bonchev–Trinajstić information content (AvgIpc) is 3.03. The number of aryl methyl sites for hydroxylation is 1. The summed E-state index contributed by atoms with van der Waals surface area (Å²) in [5.74, 6) is 0.182. The number of hydrogen-bond acceptors (Lipinski definition) is 3. The monoisotopic (exact) mass is 288 g/mol. The molecule has 4 heteroatoms. The fourth-order valence-electron chi connectivity index (χ4n) is 3.17.